The van der Waals surface area contributed by atoms with E-state index < -0.39 is 0 Å². The van der Waals surface area contributed by atoms with Crippen molar-refractivity contribution in [2.75, 3.05) is 13.2 Å². The Morgan fingerprint density at radius 2 is 2.18 bits per heavy atom. The Labute approximate surface area is 102 Å². The summed E-state index contributed by atoms with van der Waals surface area (Å²) in [6, 6.07) is 0.575. The van der Waals surface area contributed by atoms with Crippen molar-refractivity contribution in [2.45, 2.75) is 51.6 Å². The third-order valence-electron chi connectivity index (χ3n) is 3.39. The SMILES string of the molecule is CCc1nc(CN(CCO)C2CCCC2)no1. The lowest BCUT2D eigenvalue weighted by Crippen LogP contribution is -2.35. The molecule has 0 aromatic carbocycles. The van der Waals surface area contributed by atoms with Crippen LogP contribution in [0.4, 0.5) is 0 Å². The Hall–Kier alpha value is -0.940. The molecule has 0 bridgehead atoms. The van der Waals surface area contributed by atoms with Crippen LogP contribution in [0.2, 0.25) is 0 Å². The van der Waals surface area contributed by atoms with Crippen LogP contribution in [-0.4, -0.2) is 39.3 Å². The van der Waals surface area contributed by atoms with Crippen LogP contribution in [0.1, 0.15) is 44.3 Å². The minimum atomic E-state index is 0.189. The van der Waals surface area contributed by atoms with Gasteiger partial charge in [-0.15, -0.1) is 0 Å². The van der Waals surface area contributed by atoms with Crippen LogP contribution in [0.5, 0.6) is 0 Å². The van der Waals surface area contributed by atoms with Crippen LogP contribution in [0.15, 0.2) is 4.52 Å². The molecule has 0 unspecified atom stereocenters. The predicted octanol–water partition coefficient (Wildman–Crippen LogP) is 1.37. The second kappa shape index (κ2) is 6.12. The van der Waals surface area contributed by atoms with Crippen molar-refractivity contribution in [3.05, 3.63) is 11.7 Å². The van der Waals surface area contributed by atoms with Crippen molar-refractivity contribution in [1.82, 2.24) is 15.0 Å². The number of aliphatic hydroxyl groups excluding tert-OH is 1. The zero-order valence-corrected chi connectivity index (χ0v) is 10.4. The average molecular weight is 239 g/mol. The van der Waals surface area contributed by atoms with Gasteiger partial charge in [-0.3, -0.25) is 4.90 Å². The van der Waals surface area contributed by atoms with E-state index in [0.29, 0.717) is 25.0 Å². The van der Waals surface area contributed by atoms with E-state index in [-0.39, 0.29) is 6.61 Å². The topological polar surface area (TPSA) is 62.4 Å². The highest BCUT2D eigenvalue weighted by atomic mass is 16.5. The average Bonchev–Trinajstić information content (AvgIpc) is 2.99. The van der Waals surface area contributed by atoms with Crippen molar-refractivity contribution in [1.29, 1.82) is 0 Å². The van der Waals surface area contributed by atoms with Crippen LogP contribution in [-0.2, 0) is 13.0 Å². The minimum absolute atomic E-state index is 0.189. The van der Waals surface area contributed by atoms with Crippen LogP contribution >= 0.6 is 0 Å². The summed E-state index contributed by atoms with van der Waals surface area (Å²) < 4.78 is 5.11. The molecule has 1 aromatic heterocycles. The Morgan fingerprint density at radius 3 is 2.76 bits per heavy atom. The number of aromatic nitrogens is 2. The van der Waals surface area contributed by atoms with Crippen molar-refractivity contribution in [2.24, 2.45) is 0 Å². The lowest BCUT2D eigenvalue weighted by Gasteiger charge is -2.26. The molecule has 17 heavy (non-hydrogen) atoms. The van der Waals surface area contributed by atoms with Gasteiger partial charge in [0.25, 0.3) is 0 Å². The lowest BCUT2D eigenvalue weighted by atomic mass is 10.2. The number of nitrogens with zero attached hydrogens (tertiary/aromatic N) is 3. The van der Waals surface area contributed by atoms with Gasteiger partial charge >= 0.3 is 0 Å². The third kappa shape index (κ3) is 3.26. The molecule has 0 aliphatic heterocycles. The van der Waals surface area contributed by atoms with Gasteiger partial charge in [0.15, 0.2) is 5.82 Å². The molecule has 96 valence electrons. The summed E-state index contributed by atoms with van der Waals surface area (Å²) in [6.07, 6.45) is 5.80. The normalized spacial score (nSPS) is 17.1. The smallest absolute Gasteiger partial charge is 0.226 e. The quantitative estimate of drug-likeness (QED) is 0.812. The first-order valence-corrected chi connectivity index (χ1v) is 6.50. The third-order valence-corrected chi connectivity index (χ3v) is 3.39. The molecule has 5 nitrogen and oxygen atoms in total. The van der Waals surface area contributed by atoms with Gasteiger partial charge in [-0.25, -0.2) is 0 Å². The van der Waals surface area contributed by atoms with Gasteiger partial charge in [0.05, 0.1) is 13.2 Å². The van der Waals surface area contributed by atoms with E-state index in [1.807, 2.05) is 6.92 Å². The molecule has 1 aromatic rings. The molecule has 0 spiro atoms. The van der Waals surface area contributed by atoms with Crippen LogP contribution in [0, 0.1) is 0 Å². The zero-order valence-electron chi connectivity index (χ0n) is 10.4. The lowest BCUT2D eigenvalue weighted by molar-refractivity contribution is 0.140. The molecule has 0 amide bonds. The fraction of sp³-hybridized carbons (Fsp3) is 0.833. The van der Waals surface area contributed by atoms with E-state index >= 15 is 0 Å². The minimum Gasteiger partial charge on any atom is -0.395 e. The van der Waals surface area contributed by atoms with Crippen molar-refractivity contribution in [3.63, 3.8) is 0 Å². The molecule has 5 heteroatoms. The second-order valence-corrected chi connectivity index (χ2v) is 4.59. The molecule has 1 fully saturated rings. The monoisotopic (exact) mass is 239 g/mol. The van der Waals surface area contributed by atoms with Gasteiger partial charge in [-0.2, -0.15) is 4.98 Å². The van der Waals surface area contributed by atoms with Crippen LogP contribution in [0.3, 0.4) is 0 Å². The highest BCUT2D eigenvalue weighted by molar-refractivity contribution is 4.88. The molecule has 1 saturated carbocycles. The Kier molecular flexibility index (Phi) is 4.50. The summed E-state index contributed by atoms with van der Waals surface area (Å²) in [6.45, 7) is 3.57. The molecular weight excluding hydrogens is 218 g/mol. The van der Waals surface area contributed by atoms with Crippen LogP contribution < -0.4 is 0 Å². The number of aliphatic hydroxyl groups is 1. The Balaban J connectivity index is 1.96. The zero-order chi connectivity index (χ0) is 12.1. The molecule has 0 radical (unpaired) electrons. The van der Waals surface area contributed by atoms with Gasteiger partial charge in [0.1, 0.15) is 0 Å². The number of aryl methyl sites for hydroxylation is 1. The molecule has 1 aliphatic carbocycles. The standard InChI is InChI=1S/C12H21N3O2/c1-2-12-13-11(14-17-12)9-15(7-8-16)10-5-3-4-6-10/h10,16H,2-9H2,1H3. The summed E-state index contributed by atoms with van der Waals surface area (Å²) in [5.74, 6) is 1.43. The molecule has 1 N–H and O–H groups in total. The maximum absolute atomic E-state index is 9.12. The predicted molar refractivity (Wildman–Crippen MR) is 63.4 cm³/mol. The fourth-order valence-corrected chi connectivity index (χ4v) is 2.47. The van der Waals surface area contributed by atoms with Crippen molar-refractivity contribution >= 4 is 0 Å². The fourth-order valence-electron chi connectivity index (χ4n) is 2.47. The molecule has 1 heterocycles. The van der Waals surface area contributed by atoms with E-state index in [2.05, 4.69) is 15.0 Å². The van der Waals surface area contributed by atoms with E-state index in [4.69, 9.17) is 9.63 Å². The van der Waals surface area contributed by atoms with Crippen LogP contribution in [0.25, 0.3) is 0 Å². The van der Waals surface area contributed by atoms with E-state index in [0.717, 1.165) is 12.2 Å². The van der Waals surface area contributed by atoms with Crippen molar-refractivity contribution < 1.29 is 9.63 Å². The number of hydrogen-bond acceptors (Lipinski definition) is 5. The van der Waals surface area contributed by atoms with Gasteiger partial charge in [-0.1, -0.05) is 24.9 Å². The first-order chi connectivity index (χ1) is 8.33. The summed E-state index contributed by atoms with van der Waals surface area (Å²) in [5, 5.41) is 13.1. The highest BCUT2D eigenvalue weighted by Crippen LogP contribution is 2.24. The van der Waals surface area contributed by atoms with Crippen molar-refractivity contribution in [3.8, 4) is 0 Å². The van der Waals surface area contributed by atoms with E-state index in [1.54, 1.807) is 0 Å². The van der Waals surface area contributed by atoms with E-state index in [1.165, 1.54) is 25.7 Å². The Bertz CT molecular complexity index is 334. The van der Waals surface area contributed by atoms with Gasteiger partial charge < -0.3 is 9.63 Å². The summed E-state index contributed by atoms with van der Waals surface area (Å²) >= 11 is 0. The molecule has 0 saturated heterocycles. The van der Waals surface area contributed by atoms with Gasteiger partial charge in [0, 0.05) is 19.0 Å². The summed E-state index contributed by atoms with van der Waals surface area (Å²) in [5.41, 5.74) is 0. The molecule has 1 aliphatic rings. The van der Waals surface area contributed by atoms with E-state index in [9.17, 15) is 0 Å². The highest BCUT2D eigenvalue weighted by Gasteiger charge is 2.23. The summed E-state index contributed by atoms with van der Waals surface area (Å²) in [7, 11) is 0. The van der Waals surface area contributed by atoms with Gasteiger partial charge in [0.2, 0.25) is 5.89 Å². The molecule has 0 atom stereocenters. The summed E-state index contributed by atoms with van der Waals surface area (Å²) in [4.78, 5) is 6.60. The number of hydrogen-bond donors (Lipinski definition) is 1. The molecule has 2 rings (SSSR count). The first kappa shape index (κ1) is 12.5. The maximum atomic E-state index is 9.12. The Morgan fingerprint density at radius 1 is 1.41 bits per heavy atom. The second-order valence-electron chi connectivity index (χ2n) is 4.59. The number of rotatable bonds is 6. The maximum Gasteiger partial charge on any atom is 0.226 e. The first-order valence-electron chi connectivity index (χ1n) is 6.50. The molecular formula is C12H21N3O2. The van der Waals surface area contributed by atoms with Gasteiger partial charge in [-0.05, 0) is 12.8 Å². The largest absolute Gasteiger partial charge is 0.395 e.